The molecular formula is C14H19NO2. The molecule has 0 saturated heterocycles. The molecule has 1 aromatic rings. The summed E-state index contributed by atoms with van der Waals surface area (Å²) in [5.41, 5.74) is 2.72. The van der Waals surface area contributed by atoms with Gasteiger partial charge in [-0.05, 0) is 56.7 Å². The lowest BCUT2D eigenvalue weighted by Gasteiger charge is -2.27. The zero-order valence-electron chi connectivity index (χ0n) is 10.4. The van der Waals surface area contributed by atoms with Crippen LogP contribution in [0.5, 0.6) is 0 Å². The van der Waals surface area contributed by atoms with Gasteiger partial charge >= 0.3 is 5.97 Å². The highest BCUT2D eigenvalue weighted by molar-refractivity contribution is 5.82. The van der Waals surface area contributed by atoms with Gasteiger partial charge in [0.05, 0.1) is 0 Å². The maximum absolute atomic E-state index is 11.1. The molecule has 0 spiro atoms. The number of nitrogens with one attached hydrogen (secondary N) is 1. The first-order valence-corrected chi connectivity index (χ1v) is 6.13. The summed E-state index contributed by atoms with van der Waals surface area (Å²) in [5.74, 6) is -0.828. The van der Waals surface area contributed by atoms with Gasteiger partial charge in [0.1, 0.15) is 5.54 Å². The van der Waals surface area contributed by atoms with Gasteiger partial charge in [0, 0.05) is 5.69 Å². The standard InChI is InChI=1S/C14H19NO2/c1-14(2,13(16)17)15-12-9-5-7-10-6-3-4-8-11(10)12/h5,7,9,15H,3-4,6,8H2,1-2H3,(H,16,17). The second kappa shape index (κ2) is 4.40. The Morgan fingerprint density at radius 2 is 2.00 bits per heavy atom. The molecule has 3 heteroatoms. The quantitative estimate of drug-likeness (QED) is 0.844. The molecule has 0 aromatic heterocycles. The Kier molecular flexibility index (Phi) is 3.09. The Balaban J connectivity index is 2.30. The first-order valence-electron chi connectivity index (χ1n) is 6.13. The average molecular weight is 233 g/mol. The minimum absolute atomic E-state index is 0.828. The fraction of sp³-hybridized carbons (Fsp3) is 0.500. The molecule has 0 aliphatic heterocycles. The van der Waals surface area contributed by atoms with E-state index in [1.807, 2.05) is 12.1 Å². The van der Waals surface area contributed by atoms with Crippen molar-refractivity contribution in [1.29, 1.82) is 0 Å². The maximum Gasteiger partial charge on any atom is 0.328 e. The molecule has 0 radical (unpaired) electrons. The highest BCUT2D eigenvalue weighted by atomic mass is 16.4. The van der Waals surface area contributed by atoms with Crippen LogP contribution in [0.3, 0.4) is 0 Å². The van der Waals surface area contributed by atoms with Crippen molar-refractivity contribution >= 4 is 11.7 Å². The van der Waals surface area contributed by atoms with Gasteiger partial charge in [0.25, 0.3) is 0 Å². The number of aliphatic carboxylic acids is 1. The highest BCUT2D eigenvalue weighted by Crippen LogP contribution is 2.29. The van der Waals surface area contributed by atoms with Crippen LogP contribution in [-0.2, 0) is 17.6 Å². The highest BCUT2D eigenvalue weighted by Gasteiger charge is 2.28. The molecule has 1 aliphatic rings. The number of fused-ring (bicyclic) bond motifs is 1. The first kappa shape index (κ1) is 12.0. The topological polar surface area (TPSA) is 49.3 Å². The van der Waals surface area contributed by atoms with E-state index in [9.17, 15) is 4.79 Å². The number of hydrogen-bond acceptors (Lipinski definition) is 2. The number of aryl methyl sites for hydroxylation is 1. The minimum Gasteiger partial charge on any atom is -0.480 e. The van der Waals surface area contributed by atoms with Gasteiger partial charge < -0.3 is 10.4 Å². The number of carbonyl (C=O) groups is 1. The van der Waals surface area contributed by atoms with Gasteiger partial charge in [-0.2, -0.15) is 0 Å². The fourth-order valence-electron chi connectivity index (χ4n) is 2.29. The lowest BCUT2D eigenvalue weighted by Crippen LogP contribution is -2.40. The van der Waals surface area contributed by atoms with E-state index in [0.29, 0.717) is 0 Å². The van der Waals surface area contributed by atoms with Gasteiger partial charge in [0.15, 0.2) is 0 Å². The predicted octanol–water partition coefficient (Wildman–Crippen LogP) is 2.84. The van der Waals surface area contributed by atoms with Crippen LogP contribution < -0.4 is 5.32 Å². The molecule has 17 heavy (non-hydrogen) atoms. The summed E-state index contributed by atoms with van der Waals surface area (Å²) in [7, 11) is 0. The van der Waals surface area contributed by atoms with Gasteiger partial charge in [-0.1, -0.05) is 12.1 Å². The van der Waals surface area contributed by atoms with Gasteiger partial charge in [0.2, 0.25) is 0 Å². The van der Waals surface area contributed by atoms with Gasteiger partial charge in [-0.3, -0.25) is 0 Å². The molecule has 0 heterocycles. The van der Waals surface area contributed by atoms with E-state index in [4.69, 9.17) is 5.11 Å². The Bertz CT molecular complexity index is 438. The monoisotopic (exact) mass is 233 g/mol. The summed E-state index contributed by atoms with van der Waals surface area (Å²) in [6.45, 7) is 3.38. The molecule has 0 amide bonds. The van der Waals surface area contributed by atoms with E-state index in [1.165, 1.54) is 24.0 Å². The first-order chi connectivity index (χ1) is 8.00. The third kappa shape index (κ3) is 2.43. The Morgan fingerprint density at radius 3 is 2.71 bits per heavy atom. The smallest absolute Gasteiger partial charge is 0.328 e. The largest absolute Gasteiger partial charge is 0.480 e. The molecule has 0 unspecified atom stereocenters. The molecule has 92 valence electrons. The SMILES string of the molecule is CC(C)(Nc1cccc2c1CCCC2)C(=O)O. The van der Waals surface area contributed by atoms with Crippen LogP contribution in [0.2, 0.25) is 0 Å². The normalized spacial score (nSPS) is 15.2. The van der Waals surface area contributed by atoms with Crippen LogP contribution in [0.15, 0.2) is 18.2 Å². The van der Waals surface area contributed by atoms with Gasteiger partial charge in [-0.15, -0.1) is 0 Å². The number of carboxylic acids is 1. The number of anilines is 1. The van der Waals surface area contributed by atoms with E-state index in [0.717, 1.165) is 18.5 Å². The van der Waals surface area contributed by atoms with Crippen LogP contribution in [0, 0.1) is 0 Å². The Morgan fingerprint density at radius 1 is 1.29 bits per heavy atom. The molecule has 3 nitrogen and oxygen atoms in total. The van der Waals surface area contributed by atoms with E-state index in [2.05, 4.69) is 11.4 Å². The zero-order chi connectivity index (χ0) is 12.5. The average Bonchev–Trinajstić information content (AvgIpc) is 2.29. The van der Waals surface area contributed by atoms with Crippen LogP contribution in [0.25, 0.3) is 0 Å². The van der Waals surface area contributed by atoms with Crippen molar-refractivity contribution in [3.63, 3.8) is 0 Å². The second-order valence-electron chi connectivity index (χ2n) is 5.21. The Hall–Kier alpha value is -1.51. The van der Waals surface area contributed by atoms with Crippen LogP contribution >= 0.6 is 0 Å². The molecule has 0 fully saturated rings. The molecule has 0 atom stereocenters. The minimum atomic E-state index is -0.924. The number of benzene rings is 1. The lowest BCUT2D eigenvalue weighted by atomic mass is 9.90. The maximum atomic E-state index is 11.1. The van der Waals surface area contributed by atoms with Gasteiger partial charge in [-0.25, -0.2) is 4.79 Å². The molecule has 1 aromatic carbocycles. The van der Waals surface area contributed by atoms with Crippen molar-refractivity contribution in [2.45, 2.75) is 45.1 Å². The fourth-order valence-corrected chi connectivity index (χ4v) is 2.29. The molecule has 1 aliphatic carbocycles. The number of hydrogen-bond donors (Lipinski definition) is 2. The molecular weight excluding hydrogens is 214 g/mol. The Labute approximate surface area is 102 Å². The molecule has 0 saturated carbocycles. The van der Waals surface area contributed by atoms with E-state index in [-0.39, 0.29) is 0 Å². The summed E-state index contributed by atoms with van der Waals surface area (Å²) in [6, 6.07) is 6.13. The van der Waals surface area contributed by atoms with Crippen LogP contribution in [0.1, 0.15) is 37.8 Å². The summed E-state index contributed by atoms with van der Waals surface area (Å²) in [5, 5.41) is 12.3. The zero-order valence-corrected chi connectivity index (χ0v) is 10.4. The third-order valence-electron chi connectivity index (χ3n) is 3.38. The number of carboxylic acid groups (broad SMARTS) is 1. The van der Waals surface area contributed by atoms with E-state index < -0.39 is 11.5 Å². The van der Waals surface area contributed by atoms with Crippen molar-refractivity contribution in [3.05, 3.63) is 29.3 Å². The summed E-state index contributed by atoms with van der Waals surface area (Å²) in [6.07, 6.45) is 4.59. The molecule has 0 bridgehead atoms. The molecule has 2 rings (SSSR count). The van der Waals surface area contributed by atoms with Crippen molar-refractivity contribution in [1.82, 2.24) is 0 Å². The van der Waals surface area contributed by atoms with E-state index in [1.54, 1.807) is 13.8 Å². The summed E-state index contributed by atoms with van der Waals surface area (Å²) >= 11 is 0. The summed E-state index contributed by atoms with van der Waals surface area (Å²) in [4.78, 5) is 11.1. The predicted molar refractivity (Wildman–Crippen MR) is 68.4 cm³/mol. The van der Waals surface area contributed by atoms with Crippen LogP contribution in [0.4, 0.5) is 5.69 Å². The van der Waals surface area contributed by atoms with E-state index >= 15 is 0 Å². The van der Waals surface area contributed by atoms with Crippen molar-refractivity contribution in [2.24, 2.45) is 0 Å². The van der Waals surface area contributed by atoms with Crippen molar-refractivity contribution < 1.29 is 9.90 Å². The lowest BCUT2D eigenvalue weighted by molar-refractivity contribution is -0.141. The second-order valence-corrected chi connectivity index (χ2v) is 5.21. The van der Waals surface area contributed by atoms with Crippen molar-refractivity contribution in [2.75, 3.05) is 5.32 Å². The van der Waals surface area contributed by atoms with Crippen LogP contribution in [-0.4, -0.2) is 16.6 Å². The summed E-state index contributed by atoms with van der Waals surface area (Å²) < 4.78 is 0. The third-order valence-corrected chi connectivity index (χ3v) is 3.38. The molecule has 2 N–H and O–H groups in total. The van der Waals surface area contributed by atoms with Crippen molar-refractivity contribution in [3.8, 4) is 0 Å². The number of rotatable bonds is 3.